The summed E-state index contributed by atoms with van der Waals surface area (Å²) in [6.07, 6.45) is 3.56. The van der Waals surface area contributed by atoms with Crippen molar-refractivity contribution in [3.05, 3.63) is 71.4 Å². The molecule has 7 nitrogen and oxygen atoms in total. The van der Waals surface area contributed by atoms with E-state index in [1.54, 1.807) is 38.6 Å². The van der Waals surface area contributed by atoms with Gasteiger partial charge in [-0.25, -0.2) is 5.43 Å². The van der Waals surface area contributed by atoms with Crippen molar-refractivity contribution in [2.75, 3.05) is 14.2 Å². The second kappa shape index (κ2) is 9.36. The third kappa shape index (κ3) is 5.10. The van der Waals surface area contributed by atoms with Crippen molar-refractivity contribution in [3.8, 4) is 22.8 Å². The molecular weight excluding hydrogens is 368 g/mol. The number of hydrazone groups is 1. The molecule has 0 saturated carbocycles. The van der Waals surface area contributed by atoms with Crippen LogP contribution in [0.2, 0.25) is 0 Å². The molecule has 2 N–H and O–H groups in total. The summed E-state index contributed by atoms with van der Waals surface area (Å²) in [6, 6.07) is 16.9. The lowest BCUT2D eigenvalue weighted by molar-refractivity contribution is 0.0950. The number of methoxy groups -OCH3 is 2. The molecule has 3 aromatic rings. The van der Waals surface area contributed by atoms with Crippen LogP contribution in [0.4, 0.5) is 0 Å². The Labute approximate surface area is 169 Å². The van der Waals surface area contributed by atoms with Crippen LogP contribution in [0.5, 0.6) is 11.5 Å². The number of benzene rings is 2. The summed E-state index contributed by atoms with van der Waals surface area (Å²) in [5, 5.41) is 10.9. The lowest BCUT2D eigenvalue weighted by Crippen LogP contribution is -2.17. The SMILES string of the molecule is COc1ccc(-c2cc(C(=O)N/N=C/C(C)=C/c3ccccc3)[nH]n2)c(OC)c1. The van der Waals surface area contributed by atoms with Crippen molar-refractivity contribution >= 4 is 18.2 Å². The first-order valence-corrected chi connectivity index (χ1v) is 8.95. The van der Waals surface area contributed by atoms with E-state index in [4.69, 9.17) is 9.47 Å². The summed E-state index contributed by atoms with van der Waals surface area (Å²) in [5.41, 5.74) is 6.08. The molecule has 0 saturated heterocycles. The number of carbonyl (C=O) groups is 1. The Bertz CT molecular complexity index is 1040. The number of nitrogens with one attached hydrogen (secondary N) is 2. The van der Waals surface area contributed by atoms with E-state index in [2.05, 4.69) is 20.7 Å². The zero-order chi connectivity index (χ0) is 20.6. The number of aromatic amines is 1. The molecule has 2 aromatic carbocycles. The van der Waals surface area contributed by atoms with Gasteiger partial charge in [0.2, 0.25) is 0 Å². The van der Waals surface area contributed by atoms with E-state index in [9.17, 15) is 4.79 Å². The number of nitrogens with zero attached hydrogens (tertiary/aromatic N) is 2. The Morgan fingerprint density at radius 1 is 1.10 bits per heavy atom. The second-order valence-corrected chi connectivity index (χ2v) is 6.23. The molecule has 148 valence electrons. The standard InChI is InChI=1S/C22H22N4O3/c1-15(11-16-7-5-4-6-8-16)14-23-26-22(27)20-13-19(24-25-20)18-10-9-17(28-2)12-21(18)29-3/h4-14H,1-3H3,(H,24,25)(H,26,27)/b15-11+,23-14+. The first-order valence-electron chi connectivity index (χ1n) is 8.95. The maximum absolute atomic E-state index is 12.3. The van der Waals surface area contributed by atoms with Crippen LogP contribution >= 0.6 is 0 Å². The molecular formula is C22H22N4O3. The fraction of sp³-hybridized carbons (Fsp3) is 0.136. The molecule has 0 radical (unpaired) electrons. The Balaban J connectivity index is 1.68. The normalized spacial score (nSPS) is 11.5. The molecule has 7 heteroatoms. The first-order chi connectivity index (χ1) is 14.1. The average Bonchev–Trinajstić information content (AvgIpc) is 3.24. The van der Waals surface area contributed by atoms with Gasteiger partial charge >= 0.3 is 0 Å². The van der Waals surface area contributed by atoms with Gasteiger partial charge in [-0.15, -0.1) is 0 Å². The van der Waals surface area contributed by atoms with Crippen molar-refractivity contribution in [2.24, 2.45) is 5.10 Å². The first kappa shape index (κ1) is 19.9. The summed E-state index contributed by atoms with van der Waals surface area (Å²) in [4.78, 5) is 12.3. The van der Waals surface area contributed by atoms with Crippen LogP contribution in [0.1, 0.15) is 23.0 Å². The number of carbonyl (C=O) groups excluding carboxylic acids is 1. The van der Waals surface area contributed by atoms with Crippen LogP contribution in [0.3, 0.4) is 0 Å². The summed E-state index contributed by atoms with van der Waals surface area (Å²) >= 11 is 0. The molecule has 0 aliphatic heterocycles. The minimum atomic E-state index is -0.389. The highest BCUT2D eigenvalue weighted by Gasteiger charge is 2.14. The van der Waals surface area contributed by atoms with E-state index in [0.717, 1.165) is 16.7 Å². The van der Waals surface area contributed by atoms with Crippen molar-refractivity contribution in [3.63, 3.8) is 0 Å². The number of allylic oxidation sites excluding steroid dienone is 1. The number of H-pyrrole nitrogens is 1. The fourth-order valence-electron chi connectivity index (χ4n) is 2.69. The van der Waals surface area contributed by atoms with E-state index in [1.807, 2.05) is 49.4 Å². The quantitative estimate of drug-likeness (QED) is 0.473. The highest BCUT2D eigenvalue weighted by molar-refractivity contribution is 5.94. The molecule has 1 aromatic heterocycles. The maximum atomic E-state index is 12.3. The predicted molar refractivity (Wildman–Crippen MR) is 113 cm³/mol. The van der Waals surface area contributed by atoms with E-state index < -0.39 is 0 Å². The number of hydrogen-bond donors (Lipinski definition) is 2. The van der Waals surface area contributed by atoms with Crippen molar-refractivity contribution < 1.29 is 14.3 Å². The number of aromatic nitrogens is 2. The molecule has 0 unspecified atom stereocenters. The zero-order valence-corrected chi connectivity index (χ0v) is 16.5. The molecule has 1 amide bonds. The van der Waals surface area contributed by atoms with Crippen molar-refractivity contribution in [1.82, 2.24) is 15.6 Å². The highest BCUT2D eigenvalue weighted by atomic mass is 16.5. The minimum Gasteiger partial charge on any atom is -0.497 e. The zero-order valence-electron chi connectivity index (χ0n) is 16.5. The summed E-state index contributed by atoms with van der Waals surface area (Å²) in [6.45, 7) is 1.91. The van der Waals surface area contributed by atoms with Crippen LogP contribution in [0.25, 0.3) is 17.3 Å². The second-order valence-electron chi connectivity index (χ2n) is 6.23. The smallest absolute Gasteiger partial charge is 0.289 e. The van der Waals surface area contributed by atoms with Gasteiger partial charge in [0.05, 0.1) is 26.1 Å². The van der Waals surface area contributed by atoms with Gasteiger partial charge < -0.3 is 9.47 Å². The molecule has 0 aliphatic carbocycles. The molecule has 0 spiro atoms. The average molecular weight is 390 g/mol. The van der Waals surface area contributed by atoms with Crippen LogP contribution in [-0.4, -0.2) is 36.5 Å². The predicted octanol–water partition coefficient (Wildman–Crippen LogP) is 3.91. The Morgan fingerprint density at radius 3 is 2.62 bits per heavy atom. The lowest BCUT2D eigenvalue weighted by Gasteiger charge is -2.08. The van der Waals surface area contributed by atoms with Gasteiger partial charge in [-0.3, -0.25) is 9.89 Å². The molecule has 29 heavy (non-hydrogen) atoms. The number of amides is 1. The lowest BCUT2D eigenvalue weighted by atomic mass is 10.1. The number of rotatable bonds is 7. The Morgan fingerprint density at radius 2 is 1.90 bits per heavy atom. The summed E-state index contributed by atoms with van der Waals surface area (Å²) < 4.78 is 10.6. The van der Waals surface area contributed by atoms with Gasteiger partial charge in [0, 0.05) is 11.6 Å². The molecule has 0 atom stereocenters. The molecule has 0 fully saturated rings. The van der Waals surface area contributed by atoms with Crippen LogP contribution in [-0.2, 0) is 0 Å². The van der Waals surface area contributed by atoms with E-state index in [-0.39, 0.29) is 5.91 Å². The van der Waals surface area contributed by atoms with Gasteiger partial charge in [-0.05, 0) is 36.3 Å². The largest absolute Gasteiger partial charge is 0.497 e. The van der Waals surface area contributed by atoms with E-state index in [0.29, 0.717) is 22.9 Å². The van der Waals surface area contributed by atoms with Crippen LogP contribution in [0.15, 0.2) is 65.3 Å². The maximum Gasteiger partial charge on any atom is 0.289 e. The monoisotopic (exact) mass is 390 g/mol. The van der Waals surface area contributed by atoms with Gasteiger partial charge in [0.1, 0.15) is 17.2 Å². The summed E-state index contributed by atoms with van der Waals surface area (Å²) in [5.74, 6) is 0.884. The van der Waals surface area contributed by atoms with Crippen molar-refractivity contribution in [2.45, 2.75) is 6.92 Å². The third-order valence-corrected chi connectivity index (χ3v) is 4.14. The third-order valence-electron chi connectivity index (χ3n) is 4.14. The van der Waals surface area contributed by atoms with Gasteiger partial charge in [0.15, 0.2) is 0 Å². The summed E-state index contributed by atoms with van der Waals surface area (Å²) in [7, 11) is 3.15. The van der Waals surface area contributed by atoms with Crippen LogP contribution in [0, 0.1) is 0 Å². The van der Waals surface area contributed by atoms with Gasteiger partial charge in [-0.1, -0.05) is 36.4 Å². The Kier molecular flexibility index (Phi) is 6.42. The number of hydrogen-bond acceptors (Lipinski definition) is 5. The molecule has 0 aliphatic rings. The van der Waals surface area contributed by atoms with Crippen molar-refractivity contribution in [1.29, 1.82) is 0 Å². The minimum absolute atomic E-state index is 0.291. The van der Waals surface area contributed by atoms with Gasteiger partial charge in [-0.2, -0.15) is 10.2 Å². The topological polar surface area (TPSA) is 88.6 Å². The van der Waals surface area contributed by atoms with E-state index >= 15 is 0 Å². The molecule has 0 bridgehead atoms. The highest BCUT2D eigenvalue weighted by Crippen LogP contribution is 2.32. The Hall–Kier alpha value is -3.87. The molecule has 3 rings (SSSR count). The van der Waals surface area contributed by atoms with Crippen LogP contribution < -0.4 is 14.9 Å². The molecule has 1 heterocycles. The number of ether oxygens (including phenoxy) is 2. The fourth-order valence-corrected chi connectivity index (χ4v) is 2.69. The van der Waals surface area contributed by atoms with Gasteiger partial charge in [0.25, 0.3) is 5.91 Å². The van der Waals surface area contributed by atoms with E-state index in [1.165, 1.54) is 0 Å².